The number of carbonyl (C=O) groups is 1. The van der Waals surface area contributed by atoms with Crippen molar-refractivity contribution in [3.8, 4) is 0 Å². The monoisotopic (exact) mass is 400 g/mol. The molecule has 0 spiro atoms. The number of esters is 1. The van der Waals surface area contributed by atoms with Crippen LogP contribution in [-0.4, -0.2) is 34.5 Å². The zero-order valence-corrected chi connectivity index (χ0v) is 15.9. The first kappa shape index (κ1) is 22.4. The van der Waals surface area contributed by atoms with E-state index in [1.165, 1.54) is 12.1 Å². The second-order valence-corrected chi connectivity index (χ2v) is 7.41. The highest BCUT2D eigenvalue weighted by molar-refractivity contribution is 5.70. The Balaban J connectivity index is 1.89. The van der Waals surface area contributed by atoms with Crippen molar-refractivity contribution in [1.82, 2.24) is 0 Å². The van der Waals surface area contributed by atoms with Crippen molar-refractivity contribution in [3.63, 3.8) is 0 Å². The number of rotatable bonds is 7. The number of benzene rings is 1. The first-order valence-electron chi connectivity index (χ1n) is 9.52. The van der Waals surface area contributed by atoms with E-state index in [1.807, 2.05) is 6.08 Å². The Morgan fingerprint density at radius 3 is 2.64 bits per heavy atom. The van der Waals surface area contributed by atoms with Gasteiger partial charge in [0.1, 0.15) is 0 Å². The van der Waals surface area contributed by atoms with Gasteiger partial charge in [0, 0.05) is 6.42 Å². The molecule has 1 fully saturated rings. The van der Waals surface area contributed by atoms with E-state index in [0.717, 1.165) is 25.0 Å². The molecule has 2 rings (SSSR count). The van der Waals surface area contributed by atoms with Gasteiger partial charge in [0.2, 0.25) is 0 Å². The van der Waals surface area contributed by atoms with E-state index in [4.69, 9.17) is 4.74 Å². The molecule has 0 aliphatic heterocycles. The van der Waals surface area contributed by atoms with Crippen LogP contribution in [-0.2, 0) is 22.1 Å². The first-order chi connectivity index (χ1) is 13.1. The fraction of sp³-hybridized carbons (Fsp3) is 0.571. The van der Waals surface area contributed by atoms with Gasteiger partial charge in [-0.25, -0.2) is 0 Å². The largest absolute Gasteiger partial charge is 0.466 e. The number of allylic oxidation sites excluding steroid dienone is 1. The van der Waals surface area contributed by atoms with Gasteiger partial charge in [-0.15, -0.1) is 0 Å². The van der Waals surface area contributed by atoms with Crippen molar-refractivity contribution in [2.45, 2.75) is 63.3 Å². The predicted octanol–water partition coefficient (Wildman–Crippen LogP) is 4.04. The number of carbonyl (C=O) groups excluding carboxylic acids is 1. The fourth-order valence-corrected chi connectivity index (χ4v) is 3.62. The van der Waals surface area contributed by atoms with Gasteiger partial charge < -0.3 is 14.9 Å². The quantitative estimate of drug-likeness (QED) is 0.536. The highest BCUT2D eigenvalue weighted by Crippen LogP contribution is 2.36. The topological polar surface area (TPSA) is 66.8 Å². The van der Waals surface area contributed by atoms with Crippen LogP contribution < -0.4 is 0 Å². The molecule has 1 aliphatic rings. The Morgan fingerprint density at radius 2 is 2.04 bits per heavy atom. The maximum absolute atomic E-state index is 12.6. The molecule has 0 amide bonds. The van der Waals surface area contributed by atoms with Crippen molar-refractivity contribution in [1.29, 1.82) is 0 Å². The molecule has 0 radical (unpaired) electrons. The summed E-state index contributed by atoms with van der Waals surface area (Å²) in [5.41, 5.74) is -1.21. The molecule has 3 atom stereocenters. The summed E-state index contributed by atoms with van der Waals surface area (Å²) >= 11 is 0. The lowest BCUT2D eigenvalue weighted by Crippen LogP contribution is -2.37. The van der Waals surface area contributed by atoms with Crippen molar-refractivity contribution in [2.75, 3.05) is 6.61 Å². The van der Waals surface area contributed by atoms with Crippen LogP contribution in [0, 0.1) is 5.92 Å². The molecule has 28 heavy (non-hydrogen) atoms. The van der Waals surface area contributed by atoms with E-state index in [0.29, 0.717) is 18.4 Å². The molecule has 0 aromatic heterocycles. The lowest BCUT2D eigenvalue weighted by atomic mass is 9.76. The normalized spacial score (nSPS) is 24.3. The molecule has 3 unspecified atom stereocenters. The van der Waals surface area contributed by atoms with Crippen molar-refractivity contribution in [2.24, 2.45) is 5.92 Å². The number of aliphatic hydroxyl groups is 2. The zero-order valence-electron chi connectivity index (χ0n) is 15.9. The van der Waals surface area contributed by atoms with Gasteiger partial charge in [-0.1, -0.05) is 24.3 Å². The average molecular weight is 400 g/mol. The van der Waals surface area contributed by atoms with E-state index in [9.17, 15) is 28.2 Å². The third-order valence-corrected chi connectivity index (χ3v) is 4.97. The summed E-state index contributed by atoms with van der Waals surface area (Å²) < 4.78 is 42.7. The molecular weight excluding hydrogens is 373 g/mol. The maximum Gasteiger partial charge on any atom is 0.416 e. The van der Waals surface area contributed by atoms with Crippen LogP contribution in [0.5, 0.6) is 0 Å². The van der Waals surface area contributed by atoms with Crippen LogP contribution in [0.25, 0.3) is 0 Å². The molecule has 156 valence electrons. The molecule has 1 aliphatic carbocycles. The van der Waals surface area contributed by atoms with Crippen LogP contribution >= 0.6 is 0 Å². The predicted molar refractivity (Wildman–Crippen MR) is 98.5 cm³/mol. The summed E-state index contributed by atoms with van der Waals surface area (Å²) in [6.07, 6.45) is 0.930. The first-order valence-corrected chi connectivity index (χ1v) is 9.52. The minimum Gasteiger partial charge on any atom is -0.466 e. The van der Waals surface area contributed by atoms with Gasteiger partial charge in [-0.3, -0.25) is 4.79 Å². The Hall–Kier alpha value is -1.86. The van der Waals surface area contributed by atoms with E-state index in [1.54, 1.807) is 13.0 Å². The molecule has 7 heteroatoms. The number of hydrogen-bond acceptors (Lipinski definition) is 4. The van der Waals surface area contributed by atoms with Gasteiger partial charge in [0.05, 0.1) is 30.3 Å². The third-order valence-electron chi connectivity index (χ3n) is 4.97. The Labute approximate surface area is 163 Å². The Kier molecular flexibility index (Phi) is 7.66. The van der Waals surface area contributed by atoms with Gasteiger partial charge in [-0.2, -0.15) is 13.2 Å². The minimum absolute atomic E-state index is 0.0235. The highest BCUT2D eigenvalue weighted by atomic mass is 19.4. The lowest BCUT2D eigenvalue weighted by molar-refractivity contribution is -0.150. The Morgan fingerprint density at radius 1 is 1.36 bits per heavy atom. The van der Waals surface area contributed by atoms with Gasteiger partial charge in [-0.05, 0) is 56.2 Å². The average Bonchev–Trinajstić information content (AvgIpc) is 2.59. The van der Waals surface area contributed by atoms with Crippen molar-refractivity contribution in [3.05, 3.63) is 47.5 Å². The lowest BCUT2D eigenvalue weighted by Gasteiger charge is -2.35. The van der Waals surface area contributed by atoms with Crippen molar-refractivity contribution >= 4 is 5.97 Å². The maximum atomic E-state index is 12.6. The molecule has 0 bridgehead atoms. The fourth-order valence-electron chi connectivity index (χ4n) is 3.62. The number of hydrogen-bond donors (Lipinski definition) is 2. The SMILES string of the molecule is CCOC(=O)CC1(O)CCCC(/C=C/C(O)Cc2ccc(C(F)(F)F)cc2)C1. The number of halogens is 3. The summed E-state index contributed by atoms with van der Waals surface area (Å²) in [5, 5.41) is 20.8. The van der Waals surface area contributed by atoms with Gasteiger partial charge >= 0.3 is 12.1 Å². The van der Waals surface area contributed by atoms with Crippen LogP contribution in [0.15, 0.2) is 36.4 Å². The van der Waals surface area contributed by atoms with Crippen LogP contribution in [0.3, 0.4) is 0 Å². The van der Waals surface area contributed by atoms with Gasteiger partial charge in [0.15, 0.2) is 0 Å². The van der Waals surface area contributed by atoms with E-state index in [2.05, 4.69) is 0 Å². The summed E-state index contributed by atoms with van der Waals surface area (Å²) in [5.74, 6) is -0.396. The smallest absolute Gasteiger partial charge is 0.416 e. The standard InChI is InChI=1S/C21H27F3O4/c1-2-28-19(26)14-20(27)11-3-4-16(13-20)7-10-18(25)12-15-5-8-17(9-6-15)21(22,23)24/h5-10,16,18,25,27H,2-4,11-14H2,1H3/b10-7+. The summed E-state index contributed by atoms with van der Waals surface area (Å²) in [4.78, 5) is 11.7. The second-order valence-electron chi connectivity index (χ2n) is 7.41. The molecule has 0 saturated heterocycles. The van der Waals surface area contributed by atoms with Gasteiger partial charge in [0.25, 0.3) is 0 Å². The molecule has 1 aromatic carbocycles. The van der Waals surface area contributed by atoms with E-state index in [-0.39, 0.29) is 25.4 Å². The minimum atomic E-state index is -4.38. The van der Waals surface area contributed by atoms with E-state index >= 15 is 0 Å². The van der Waals surface area contributed by atoms with E-state index < -0.39 is 29.4 Å². The summed E-state index contributed by atoms with van der Waals surface area (Å²) in [6.45, 7) is 1.99. The van der Waals surface area contributed by atoms with Crippen molar-refractivity contribution < 1.29 is 32.9 Å². The molecular formula is C21H27F3O4. The van der Waals surface area contributed by atoms with Crippen LogP contribution in [0.1, 0.15) is 50.2 Å². The Bertz CT molecular complexity index is 669. The summed E-state index contributed by atoms with van der Waals surface area (Å²) in [6, 6.07) is 4.72. The van der Waals surface area contributed by atoms with Crippen LogP contribution in [0.2, 0.25) is 0 Å². The molecule has 1 saturated carbocycles. The summed E-state index contributed by atoms with van der Waals surface area (Å²) in [7, 11) is 0. The second kappa shape index (κ2) is 9.56. The molecule has 2 N–H and O–H groups in total. The third kappa shape index (κ3) is 6.95. The molecule has 0 heterocycles. The van der Waals surface area contributed by atoms with Crippen LogP contribution in [0.4, 0.5) is 13.2 Å². The highest BCUT2D eigenvalue weighted by Gasteiger charge is 2.36. The zero-order chi connectivity index (χ0) is 20.8. The number of alkyl halides is 3. The molecule has 4 nitrogen and oxygen atoms in total. The number of ether oxygens (including phenoxy) is 1. The number of aliphatic hydroxyl groups excluding tert-OH is 1. The molecule has 1 aromatic rings.